The van der Waals surface area contributed by atoms with Crippen molar-refractivity contribution in [1.29, 1.82) is 5.26 Å². The van der Waals surface area contributed by atoms with E-state index in [1.165, 1.54) is 11.8 Å². The van der Waals surface area contributed by atoms with Gasteiger partial charge in [0.2, 0.25) is 5.16 Å². The van der Waals surface area contributed by atoms with Crippen LogP contribution in [0.1, 0.15) is 17.1 Å². The van der Waals surface area contributed by atoms with Crippen molar-refractivity contribution in [2.45, 2.75) is 17.8 Å². The van der Waals surface area contributed by atoms with Crippen LogP contribution < -0.4 is 0 Å². The van der Waals surface area contributed by atoms with E-state index in [-0.39, 0.29) is 0 Å². The SMILES string of the molecule is Cc1nc(SCc2cccnc2C#N)n[nH]1. The molecule has 0 radical (unpaired) electrons. The van der Waals surface area contributed by atoms with Gasteiger partial charge in [-0.2, -0.15) is 5.26 Å². The number of H-pyrrole nitrogens is 1. The van der Waals surface area contributed by atoms with Crippen LogP contribution in [-0.4, -0.2) is 20.2 Å². The number of aryl methyl sites for hydroxylation is 1. The summed E-state index contributed by atoms with van der Waals surface area (Å²) in [5.41, 5.74) is 1.36. The maximum Gasteiger partial charge on any atom is 0.208 e. The second-order valence-corrected chi connectivity index (χ2v) is 4.06. The summed E-state index contributed by atoms with van der Waals surface area (Å²) in [6.07, 6.45) is 1.61. The van der Waals surface area contributed by atoms with Crippen molar-refractivity contribution in [3.05, 3.63) is 35.4 Å². The molecule has 16 heavy (non-hydrogen) atoms. The minimum atomic E-state index is 0.460. The van der Waals surface area contributed by atoms with Gasteiger partial charge in [0.15, 0.2) is 0 Å². The lowest BCUT2D eigenvalue weighted by Crippen LogP contribution is -1.90. The van der Waals surface area contributed by atoms with Gasteiger partial charge in [0, 0.05) is 11.9 Å². The van der Waals surface area contributed by atoms with Gasteiger partial charge >= 0.3 is 0 Å². The Balaban J connectivity index is 2.08. The first-order valence-corrected chi connectivity index (χ1v) is 5.64. The molecule has 0 spiro atoms. The first kappa shape index (κ1) is 10.6. The summed E-state index contributed by atoms with van der Waals surface area (Å²) in [5, 5.41) is 16.3. The number of nitrogens with zero attached hydrogens (tertiary/aromatic N) is 4. The van der Waals surface area contributed by atoms with Crippen LogP contribution in [0.2, 0.25) is 0 Å². The van der Waals surface area contributed by atoms with Crippen molar-refractivity contribution >= 4 is 11.8 Å². The molecule has 0 unspecified atom stereocenters. The number of hydrogen-bond acceptors (Lipinski definition) is 5. The van der Waals surface area contributed by atoms with E-state index in [4.69, 9.17) is 5.26 Å². The third kappa shape index (κ3) is 2.38. The van der Waals surface area contributed by atoms with E-state index >= 15 is 0 Å². The zero-order valence-electron chi connectivity index (χ0n) is 8.64. The largest absolute Gasteiger partial charge is 0.262 e. The van der Waals surface area contributed by atoms with Crippen molar-refractivity contribution in [2.75, 3.05) is 0 Å². The molecule has 0 saturated carbocycles. The topological polar surface area (TPSA) is 78.2 Å². The van der Waals surface area contributed by atoms with Crippen LogP contribution in [0.4, 0.5) is 0 Å². The lowest BCUT2D eigenvalue weighted by molar-refractivity contribution is 0.968. The molecular formula is C10H9N5S. The van der Waals surface area contributed by atoms with Gasteiger partial charge < -0.3 is 0 Å². The van der Waals surface area contributed by atoms with Crippen molar-refractivity contribution in [3.63, 3.8) is 0 Å². The normalized spacial score (nSPS) is 10.0. The minimum absolute atomic E-state index is 0.460. The lowest BCUT2D eigenvalue weighted by Gasteiger charge is -1.99. The van der Waals surface area contributed by atoms with Gasteiger partial charge in [0.25, 0.3) is 0 Å². The van der Waals surface area contributed by atoms with Gasteiger partial charge in [-0.15, -0.1) is 5.10 Å². The summed E-state index contributed by atoms with van der Waals surface area (Å²) in [4.78, 5) is 8.17. The van der Waals surface area contributed by atoms with E-state index < -0.39 is 0 Å². The van der Waals surface area contributed by atoms with Gasteiger partial charge in [-0.25, -0.2) is 9.97 Å². The summed E-state index contributed by atoms with van der Waals surface area (Å²) in [6, 6.07) is 5.77. The van der Waals surface area contributed by atoms with Gasteiger partial charge in [0.05, 0.1) is 0 Å². The standard InChI is InChI=1S/C10H9N5S/c1-7-13-10(15-14-7)16-6-8-3-2-4-12-9(8)5-11/h2-4H,6H2,1H3,(H,13,14,15). The second-order valence-electron chi connectivity index (χ2n) is 3.12. The Labute approximate surface area is 96.9 Å². The van der Waals surface area contributed by atoms with E-state index in [1.54, 1.807) is 6.20 Å². The number of aromatic nitrogens is 4. The van der Waals surface area contributed by atoms with E-state index in [0.717, 1.165) is 11.4 Å². The van der Waals surface area contributed by atoms with Crippen LogP contribution in [0.3, 0.4) is 0 Å². The smallest absolute Gasteiger partial charge is 0.208 e. The van der Waals surface area contributed by atoms with Crippen molar-refractivity contribution in [1.82, 2.24) is 20.2 Å². The molecule has 0 aliphatic heterocycles. The Bertz CT molecular complexity index is 528. The highest BCUT2D eigenvalue weighted by molar-refractivity contribution is 7.98. The van der Waals surface area contributed by atoms with Gasteiger partial charge in [-0.3, -0.25) is 5.10 Å². The Morgan fingerprint density at radius 3 is 3.12 bits per heavy atom. The number of nitrogens with one attached hydrogen (secondary N) is 1. The van der Waals surface area contributed by atoms with Crippen molar-refractivity contribution in [2.24, 2.45) is 0 Å². The fourth-order valence-electron chi connectivity index (χ4n) is 1.18. The summed E-state index contributed by atoms with van der Waals surface area (Å²) in [5.74, 6) is 1.43. The third-order valence-corrected chi connectivity index (χ3v) is 2.83. The predicted molar refractivity (Wildman–Crippen MR) is 59.6 cm³/mol. The maximum atomic E-state index is 8.86. The zero-order chi connectivity index (χ0) is 11.4. The van der Waals surface area contributed by atoms with Gasteiger partial charge in [0.1, 0.15) is 17.6 Å². The number of aromatic amines is 1. The molecule has 2 aromatic heterocycles. The Kier molecular flexibility index (Phi) is 3.17. The van der Waals surface area contributed by atoms with Gasteiger partial charge in [-0.05, 0) is 18.6 Å². The van der Waals surface area contributed by atoms with E-state index in [0.29, 0.717) is 16.6 Å². The molecule has 0 amide bonds. The molecule has 0 aliphatic rings. The minimum Gasteiger partial charge on any atom is -0.262 e. The molecule has 2 heterocycles. The molecule has 1 N–H and O–H groups in total. The Morgan fingerprint density at radius 1 is 1.56 bits per heavy atom. The van der Waals surface area contributed by atoms with E-state index in [9.17, 15) is 0 Å². The molecule has 0 fully saturated rings. The zero-order valence-corrected chi connectivity index (χ0v) is 9.45. The van der Waals surface area contributed by atoms with Crippen LogP contribution >= 0.6 is 11.8 Å². The van der Waals surface area contributed by atoms with Crippen LogP contribution in [0, 0.1) is 18.3 Å². The van der Waals surface area contributed by atoms with Crippen LogP contribution in [0.15, 0.2) is 23.5 Å². The fourth-order valence-corrected chi connectivity index (χ4v) is 2.01. The number of rotatable bonds is 3. The molecule has 0 aliphatic carbocycles. The van der Waals surface area contributed by atoms with Gasteiger partial charge in [-0.1, -0.05) is 17.8 Å². The van der Waals surface area contributed by atoms with Crippen LogP contribution in [0.25, 0.3) is 0 Å². The average molecular weight is 231 g/mol. The molecule has 0 bridgehead atoms. The van der Waals surface area contributed by atoms with Crippen LogP contribution in [-0.2, 0) is 5.75 Å². The highest BCUT2D eigenvalue weighted by atomic mass is 32.2. The maximum absolute atomic E-state index is 8.86. The Hall–Kier alpha value is -1.87. The number of thioether (sulfide) groups is 1. The van der Waals surface area contributed by atoms with Crippen LogP contribution in [0.5, 0.6) is 0 Å². The molecule has 0 atom stereocenters. The molecule has 0 aromatic carbocycles. The number of nitriles is 1. The number of hydrogen-bond donors (Lipinski definition) is 1. The summed E-state index contributed by atoms with van der Waals surface area (Å²) in [7, 11) is 0. The Morgan fingerprint density at radius 2 is 2.44 bits per heavy atom. The first-order valence-electron chi connectivity index (χ1n) is 4.65. The second kappa shape index (κ2) is 4.77. The fraction of sp³-hybridized carbons (Fsp3) is 0.200. The number of pyridine rings is 1. The molecule has 0 saturated heterocycles. The molecular weight excluding hydrogens is 222 g/mol. The third-order valence-electron chi connectivity index (χ3n) is 1.93. The molecule has 6 heteroatoms. The highest BCUT2D eigenvalue weighted by Gasteiger charge is 2.05. The summed E-state index contributed by atoms with van der Waals surface area (Å²) < 4.78 is 0. The monoisotopic (exact) mass is 231 g/mol. The first-order chi connectivity index (χ1) is 7.79. The average Bonchev–Trinajstić information content (AvgIpc) is 2.73. The molecule has 2 aromatic rings. The highest BCUT2D eigenvalue weighted by Crippen LogP contribution is 2.19. The summed E-state index contributed by atoms with van der Waals surface area (Å²) in [6.45, 7) is 1.85. The summed E-state index contributed by atoms with van der Waals surface area (Å²) >= 11 is 1.48. The predicted octanol–water partition coefficient (Wildman–Crippen LogP) is 1.67. The quantitative estimate of drug-likeness (QED) is 0.813. The van der Waals surface area contributed by atoms with E-state index in [1.807, 2.05) is 19.1 Å². The van der Waals surface area contributed by atoms with Crippen molar-refractivity contribution < 1.29 is 0 Å². The molecule has 80 valence electrons. The molecule has 2 rings (SSSR count). The molecule has 5 nitrogen and oxygen atoms in total. The lowest BCUT2D eigenvalue weighted by atomic mass is 10.2. The van der Waals surface area contributed by atoms with Crippen molar-refractivity contribution in [3.8, 4) is 6.07 Å². The van der Waals surface area contributed by atoms with E-state index in [2.05, 4.69) is 26.2 Å².